The molecule has 3 nitrogen and oxygen atoms in total. The van der Waals surface area contributed by atoms with Crippen molar-refractivity contribution in [1.82, 2.24) is 5.32 Å². The van der Waals surface area contributed by atoms with Gasteiger partial charge in [-0.2, -0.15) is 0 Å². The summed E-state index contributed by atoms with van der Waals surface area (Å²) in [6.45, 7) is 0. The Bertz CT molecular complexity index is 430. The first-order chi connectivity index (χ1) is 7.56. The molecule has 1 saturated carbocycles. The Kier molecular flexibility index (Phi) is 3.26. The summed E-state index contributed by atoms with van der Waals surface area (Å²) in [6.07, 6.45) is 1.97. The van der Waals surface area contributed by atoms with Crippen LogP contribution in [0, 0.1) is 0 Å². The number of alkyl halides is 1. The van der Waals surface area contributed by atoms with Gasteiger partial charge in [0.2, 0.25) is 0 Å². The average molecular weight is 349 g/mol. The van der Waals surface area contributed by atoms with Crippen LogP contribution in [0.1, 0.15) is 23.2 Å². The first kappa shape index (κ1) is 11.9. The monoisotopic (exact) mass is 347 g/mol. The van der Waals surface area contributed by atoms with Gasteiger partial charge in [-0.05, 0) is 31.0 Å². The Hall–Kier alpha value is -0.550. The van der Waals surface area contributed by atoms with Crippen molar-refractivity contribution in [2.24, 2.45) is 0 Å². The molecule has 1 amide bonds. The zero-order valence-electron chi connectivity index (χ0n) is 8.46. The number of amides is 1. The van der Waals surface area contributed by atoms with E-state index < -0.39 is 0 Å². The molecule has 2 rings (SSSR count). The maximum atomic E-state index is 11.9. The molecule has 0 atom stereocenters. The molecule has 2 N–H and O–H groups in total. The maximum Gasteiger partial charge on any atom is 0.255 e. The van der Waals surface area contributed by atoms with Crippen molar-refractivity contribution in [3.05, 3.63) is 28.2 Å². The van der Waals surface area contributed by atoms with Gasteiger partial charge in [-0.15, -0.1) is 0 Å². The van der Waals surface area contributed by atoms with Crippen LogP contribution in [0.5, 0.6) is 5.75 Å². The lowest BCUT2D eigenvalue weighted by Gasteiger charge is -2.14. The van der Waals surface area contributed by atoms with E-state index in [9.17, 15) is 9.90 Å². The van der Waals surface area contributed by atoms with Gasteiger partial charge >= 0.3 is 0 Å². The highest BCUT2D eigenvalue weighted by Gasteiger charge is 2.43. The van der Waals surface area contributed by atoms with Crippen LogP contribution in [0.25, 0.3) is 0 Å². The van der Waals surface area contributed by atoms with E-state index in [1.807, 2.05) is 0 Å². The van der Waals surface area contributed by atoms with Crippen molar-refractivity contribution in [3.63, 3.8) is 0 Å². The van der Waals surface area contributed by atoms with Crippen molar-refractivity contribution in [3.8, 4) is 5.75 Å². The predicted octanol–water partition coefficient (Wildman–Crippen LogP) is 2.81. The lowest BCUT2D eigenvalue weighted by Crippen LogP contribution is -2.38. The molecule has 86 valence electrons. The van der Waals surface area contributed by atoms with E-state index in [4.69, 9.17) is 0 Å². The Morgan fingerprint density at radius 3 is 2.75 bits per heavy atom. The second-order valence-electron chi connectivity index (χ2n) is 4.03. The zero-order valence-corrected chi connectivity index (χ0v) is 11.6. The summed E-state index contributed by atoms with van der Waals surface area (Å²) in [5, 5.41) is 13.3. The molecule has 0 saturated heterocycles. The third kappa shape index (κ3) is 2.40. The molecule has 0 aromatic heterocycles. The highest BCUT2D eigenvalue weighted by Crippen LogP contribution is 2.37. The van der Waals surface area contributed by atoms with Gasteiger partial charge < -0.3 is 10.4 Å². The summed E-state index contributed by atoms with van der Waals surface area (Å²) in [5.74, 6) is -0.221. The van der Waals surface area contributed by atoms with Crippen LogP contribution in [-0.4, -0.2) is 21.9 Å². The summed E-state index contributed by atoms with van der Waals surface area (Å²) >= 11 is 6.66. The summed E-state index contributed by atoms with van der Waals surface area (Å²) in [5.41, 5.74) is 0.202. The number of halogens is 2. The lowest BCUT2D eigenvalue weighted by molar-refractivity contribution is 0.0934. The van der Waals surface area contributed by atoms with E-state index in [-0.39, 0.29) is 17.2 Å². The topological polar surface area (TPSA) is 49.3 Å². The number of carbonyl (C=O) groups is 1. The molecule has 0 aliphatic heterocycles. The fraction of sp³-hybridized carbons (Fsp3) is 0.364. The van der Waals surface area contributed by atoms with Crippen LogP contribution in [0.2, 0.25) is 0 Å². The van der Waals surface area contributed by atoms with E-state index in [1.165, 1.54) is 6.07 Å². The number of hydrogen-bond acceptors (Lipinski definition) is 2. The third-order valence-electron chi connectivity index (χ3n) is 2.69. The van der Waals surface area contributed by atoms with Gasteiger partial charge in [0.05, 0.1) is 11.1 Å². The standard InChI is InChI=1S/C11H11Br2NO2/c12-6-11(3-4-11)14-10(16)8-5-7(13)1-2-9(8)15/h1-2,5,15H,3-4,6H2,(H,14,16). The van der Waals surface area contributed by atoms with Gasteiger partial charge in [-0.25, -0.2) is 0 Å². The van der Waals surface area contributed by atoms with Gasteiger partial charge in [0.25, 0.3) is 5.91 Å². The normalized spacial score (nSPS) is 16.9. The Morgan fingerprint density at radius 2 is 2.19 bits per heavy atom. The van der Waals surface area contributed by atoms with Gasteiger partial charge in [0.15, 0.2) is 0 Å². The van der Waals surface area contributed by atoms with Gasteiger partial charge in [-0.1, -0.05) is 31.9 Å². The number of nitrogens with one attached hydrogen (secondary N) is 1. The molecule has 0 radical (unpaired) electrons. The molecule has 0 unspecified atom stereocenters. The van der Waals surface area contributed by atoms with Gasteiger partial charge in [-0.3, -0.25) is 4.79 Å². The van der Waals surface area contributed by atoms with Crippen molar-refractivity contribution < 1.29 is 9.90 Å². The number of rotatable bonds is 3. The second-order valence-corrected chi connectivity index (χ2v) is 5.51. The fourth-order valence-electron chi connectivity index (χ4n) is 1.44. The van der Waals surface area contributed by atoms with Crippen LogP contribution in [0.15, 0.2) is 22.7 Å². The number of benzene rings is 1. The van der Waals surface area contributed by atoms with E-state index >= 15 is 0 Å². The molecular weight excluding hydrogens is 338 g/mol. The second kappa shape index (κ2) is 4.37. The number of hydrogen-bond donors (Lipinski definition) is 2. The Labute approximate surface area is 110 Å². The SMILES string of the molecule is O=C(NC1(CBr)CC1)c1cc(Br)ccc1O. The summed E-state index contributed by atoms with van der Waals surface area (Å²) in [7, 11) is 0. The quantitative estimate of drug-likeness (QED) is 0.825. The summed E-state index contributed by atoms with van der Waals surface area (Å²) in [4.78, 5) is 11.9. The minimum Gasteiger partial charge on any atom is -0.507 e. The number of phenolic OH excluding ortho intramolecular Hbond substituents is 1. The minimum absolute atomic E-state index is 0.00562. The van der Waals surface area contributed by atoms with Crippen LogP contribution in [0.4, 0.5) is 0 Å². The average Bonchev–Trinajstić information content (AvgIpc) is 3.02. The first-order valence-electron chi connectivity index (χ1n) is 4.93. The smallest absolute Gasteiger partial charge is 0.255 e. The summed E-state index contributed by atoms with van der Waals surface area (Å²) < 4.78 is 0.777. The van der Waals surface area contributed by atoms with Crippen LogP contribution in [0.3, 0.4) is 0 Å². The maximum absolute atomic E-state index is 11.9. The van der Waals surface area contributed by atoms with E-state index in [0.29, 0.717) is 5.56 Å². The Balaban J connectivity index is 2.17. The van der Waals surface area contributed by atoms with E-state index in [0.717, 1.165) is 22.6 Å². The first-order valence-corrected chi connectivity index (χ1v) is 6.85. The molecule has 0 spiro atoms. The predicted molar refractivity (Wildman–Crippen MR) is 69.0 cm³/mol. The summed E-state index contributed by atoms with van der Waals surface area (Å²) in [6, 6.07) is 4.82. The van der Waals surface area contributed by atoms with Gasteiger partial charge in [0.1, 0.15) is 5.75 Å². The third-order valence-corrected chi connectivity index (χ3v) is 4.26. The minimum atomic E-state index is -0.226. The highest BCUT2D eigenvalue weighted by atomic mass is 79.9. The number of phenols is 1. The molecule has 5 heteroatoms. The molecule has 0 heterocycles. The molecule has 1 aliphatic carbocycles. The van der Waals surface area contributed by atoms with Crippen molar-refractivity contribution in [2.45, 2.75) is 18.4 Å². The molecule has 1 fully saturated rings. The van der Waals surface area contributed by atoms with Crippen molar-refractivity contribution in [1.29, 1.82) is 0 Å². The molecule has 0 bridgehead atoms. The fourth-order valence-corrected chi connectivity index (χ4v) is 2.50. The van der Waals surface area contributed by atoms with Crippen LogP contribution in [-0.2, 0) is 0 Å². The molecular formula is C11H11Br2NO2. The van der Waals surface area contributed by atoms with E-state index in [2.05, 4.69) is 37.2 Å². The highest BCUT2D eigenvalue weighted by molar-refractivity contribution is 9.10. The van der Waals surface area contributed by atoms with Gasteiger partial charge in [0, 0.05) is 9.80 Å². The van der Waals surface area contributed by atoms with E-state index in [1.54, 1.807) is 12.1 Å². The Morgan fingerprint density at radius 1 is 1.50 bits per heavy atom. The van der Waals surface area contributed by atoms with Crippen LogP contribution < -0.4 is 5.32 Å². The van der Waals surface area contributed by atoms with Crippen LogP contribution >= 0.6 is 31.9 Å². The molecule has 16 heavy (non-hydrogen) atoms. The molecule has 1 aromatic carbocycles. The zero-order chi connectivity index (χ0) is 11.8. The largest absolute Gasteiger partial charge is 0.507 e. The molecule has 1 aromatic rings. The van der Waals surface area contributed by atoms with Crippen molar-refractivity contribution >= 4 is 37.8 Å². The molecule has 1 aliphatic rings. The number of aromatic hydroxyl groups is 1. The van der Waals surface area contributed by atoms with Crippen molar-refractivity contribution in [2.75, 3.05) is 5.33 Å². The lowest BCUT2D eigenvalue weighted by atomic mass is 10.1. The number of carbonyl (C=O) groups excluding carboxylic acids is 1.